The van der Waals surface area contributed by atoms with E-state index >= 15 is 0 Å². The maximum Gasteiger partial charge on any atom is 0.331 e. The Morgan fingerprint density at radius 3 is 2.18 bits per heavy atom. The number of nitrogens with one attached hydrogen (secondary N) is 1. The summed E-state index contributed by atoms with van der Waals surface area (Å²) in [5.41, 5.74) is 3.79. The molecule has 2 aromatic rings. The number of amides is 1. The summed E-state index contributed by atoms with van der Waals surface area (Å²) in [5, 5.41) is 2.87. The van der Waals surface area contributed by atoms with E-state index in [9.17, 15) is 9.59 Å². The van der Waals surface area contributed by atoms with Crippen LogP contribution in [0, 0.1) is 0 Å². The van der Waals surface area contributed by atoms with Crippen molar-refractivity contribution in [2.75, 3.05) is 18.5 Å². The Morgan fingerprint density at radius 2 is 1.61 bits per heavy atom. The summed E-state index contributed by atoms with van der Waals surface area (Å²) in [7, 11) is 0. The molecule has 0 aliphatic carbocycles. The molecule has 0 aliphatic rings. The van der Waals surface area contributed by atoms with Gasteiger partial charge in [0, 0.05) is 11.8 Å². The van der Waals surface area contributed by atoms with Crippen molar-refractivity contribution in [3.05, 3.63) is 65.2 Å². The fraction of sp³-hybridized carbons (Fsp3) is 0.304. The fourth-order valence-corrected chi connectivity index (χ4v) is 2.77. The summed E-state index contributed by atoms with van der Waals surface area (Å²) in [5.74, 6) is -0.139. The van der Waals surface area contributed by atoms with Crippen LogP contribution < -0.4 is 10.1 Å². The highest BCUT2D eigenvalue weighted by molar-refractivity contribution is 5.95. The van der Waals surface area contributed by atoms with Crippen molar-refractivity contribution < 1.29 is 19.1 Å². The molecule has 2 aromatic carbocycles. The topological polar surface area (TPSA) is 64.6 Å². The van der Waals surface area contributed by atoms with Gasteiger partial charge >= 0.3 is 5.97 Å². The number of para-hydroxylation sites is 1. The van der Waals surface area contributed by atoms with Crippen LogP contribution in [0.15, 0.2) is 48.5 Å². The Kier molecular flexibility index (Phi) is 8.28. The zero-order valence-corrected chi connectivity index (χ0v) is 16.7. The summed E-state index contributed by atoms with van der Waals surface area (Å²) in [6.45, 7) is 6.27. The molecule has 148 valence electrons. The van der Waals surface area contributed by atoms with Gasteiger partial charge in [0.05, 0.1) is 6.61 Å². The molecule has 5 nitrogen and oxygen atoms in total. The van der Waals surface area contributed by atoms with E-state index in [-0.39, 0.29) is 12.5 Å². The SMILES string of the molecule is CCOc1ccc(C=CC(=O)OCC(=O)Nc2c(CC)cccc2CC)cc1. The number of anilines is 1. The third kappa shape index (κ3) is 6.27. The molecule has 0 heterocycles. The zero-order chi connectivity index (χ0) is 20.4. The Bertz CT molecular complexity index is 803. The van der Waals surface area contributed by atoms with Crippen LogP contribution in [0.2, 0.25) is 0 Å². The van der Waals surface area contributed by atoms with Crippen LogP contribution in [0.1, 0.15) is 37.5 Å². The van der Waals surface area contributed by atoms with Crippen molar-refractivity contribution in [1.82, 2.24) is 0 Å². The van der Waals surface area contributed by atoms with Gasteiger partial charge in [0.1, 0.15) is 5.75 Å². The molecule has 0 fully saturated rings. The molecule has 0 unspecified atom stereocenters. The van der Waals surface area contributed by atoms with E-state index < -0.39 is 5.97 Å². The number of carbonyl (C=O) groups excluding carboxylic acids is 2. The first-order valence-corrected chi connectivity index (χ1v) is 9.55. The van der Waals surface area contributed by atoms with E-state index in [1.165, 1.54) is 6.08 Å². The number of ether oxygens (including phenoxy) is 2. The van der Waals surface area contributed by atoms with Gasteiger partial charge < -0.3 is 14.8 Å². The number of benzene rings is 2. The van der Waals surface area contributed by atoms with Crippen LogP contribution in [0.25, 0.3) is 6.08 Å². The lowest BCUT2D eigenvalue weighted by molar-refractivity contribution is -0.142. The van der Waals surface area contributed by atoms with Crippen molar-refractivity contribution in [1.29, 1.82) is 0 Å². The number of rotatable bonds is 9. The predicted octanol–water partition coefficient (Wildman–Crippen LogP) is 4.41. The minimum atomic E-state index is -0.566. The second kappa shape index (κ2) is 10.9. The van der Waals surface area contributed by atoms with E-state index in [2.05, 4.69) is 5.32 Å². The Hall–Kier alpha value is -3.08. The van der Waals surface area contributed by atoms with Crippen LogP contribution in [0.5, 0.6) is 5.75 Å². The molecule has 2 rings (SSSR count). The number of hydrogen-bond donors (Lipinski definition) is 1. The third-order valence-corrected chi connectivity index (χ3v) is 4.21. The largest absolute Gasteiger partial charge is 0.494 e. The summed E-state index contributed by atoms with van der Waals surface area (Å²) < 4.78 is 10.4. The molecule has 0 aromatic heterocycles. The predicted molar refractivity (Wildman–Crippen MR) is 111 cm³/mol. The minimum absolute atomic E-state index is 0.326. The van der Waals surface area contributed by atoms with Crippen molar-refractivity contribution in [2.24, 2.45) is 0 Å². The number of aryl methyl sites for hydroxylation is 2. The van der Waals surface area contributed by atoms with Gasteiger partial charge in [-0.2, -0.15) is 0 Å². The summed E-state index contributed by atoms with van der Waals surface area (Å²) >= 11 is 0. The third-order valence-electron chi connectivity index (χ3n) is 4.21. The Balaban J connectivity index is 1.88. The van der Waals surface area contributed by atoms with Gasteiger partial charge in [-0.1, -0.05) is 44.2 Å². The van der Waals surface area contributed by atoms with Crippen molar-refractivity contribution in [2.45, 2.75) is 33.6 Å². The maximum absolute atomic E-state index is 12.2. The highest BCUT2D eigenvalue weighted by Gasteiger charge is 2.11. The first-order valence-electron chi connectivity index (χ1n) is 9.55. The van der Waals surface area contributed by atoms with E-state index in [4.69, 9.17) is 9.47 Å². The average molecular weight is 381 g/mol. The molecule has 1 N–H and O–H groups in total. The van der Waals surface area contributed by atoms with Crippen molar-refractivity contribution >= 4 is 23.6 Å². The quantitative estimate of drug-likeness (QED) is 0.516. The van der Waals surface area contributed by atoms with E-state index in [1.807, 2.05) is 63.2 Å². The van der Waals surface area contributed by atoms with E-state index in [1.54, 1.807) is 6.08 Å². The van der Waals surface area contributed by atoms with Crippen LogP contribution in [0.4, 0.5) is 5.69 Å². The number of carbonyl (C=O) groups is 2. The van der Waals surface area contributed by atoms with Gasteiger partial charge in [-0.15, -0.1) is 0 Å². The maximum atomic E-state index is 12.2. The van der Waals surface area contributed by atoms with Gasteiger partial charge in [-0.25, -0.2) is 4.79 Å². The van der Waals surface area contributed by atoms with Crippen LogP contribution in [0.3, 0.4) is 0 Å². The van der Waals surface area contributed by atoms with E-state index in [0.717, 1.165) is 41.0 Å². The Labute approximate surface area is 166 Å². The zero-order valence-electron chi connectivity index (χ0n) is 16.7. The van der Waals surface area contributed by atoms with Gasteiger partial charge in [-0.3, -0.25) is 4.79 Å². The van der Waals surface area contributed by atoms with Gasteiger partial charge in [0.2, 0.25) is 0 Å². The lowest BCUT2D eigenvalue weighted by Crippen LogP contribution is -2.21. The lowest BCUT2D eigenvalue weighted by atomic mass is 10.0. The molecule has 0 saturated carbocycles. The second-order valence-electron chi connectivity index (χ2n) is 6.15. The Morgan fingerprint density at radius 1 is 0.964 bits per heavy atom. The normalized spacial score (nSPS) is 10.7. The molecular formula is C23H27NO4. The van der Waals surface area contributed by atoms with Gasteiger partial charge in [0.25, 0.3) is 5.91 Å². The highest BCUT2D eigenvalue weighted by atomic mass is 16.5. The molecule has 0 saturated heterocycles. The molecular weight excluding hydrogens is 354 g/mol. The van der Waals surface area contributed by atoms with Crippen molar-refractivity contribution in [3.63, 3.8) is 0 Å². The van der Waals surface area contributed by atoms with Crippen LogP contribution in [-0.2, 0) is 27.2 Å². The van der Waals surface area contributed by atoms with Gasteiger partial charge in [0.15, 0.2) is 6.61 Å². The molecule has 0 spiro atoms. The summed E-state index contributed by atoms with van der Waals surface area (Å²) in [6.07, 6.45) is 4.57. The average Bonchev–Trinajstić information content (AvgIpc) is 2.72. The van der Waals surface area contributed by atoms with Crippen LogP contribution >= 0.6 is 0 Å². The fourth-order valence-electron chi connectivity index (χ4n) is 2.77. The molecule has 0 aliphatic heterocycles. The molecule has 0 radical (unpaired) electrons. The van der Waals surface area contributed by atoms with E-state index in [0.29, 0.717) is 6.61 Å². The van der Waals surface area contributed by atoms with Gasteiger partial charge in [-0.05, 0) is 54.7 Å². The molecule has 5 heteroatoms. The molecule has 0 atom stereocenters. The monoisotopic (exact) mass is 381 g/mol. The lowest BCUT2D eigenvalue weighted by Gasteiger charge is -2.14. The number of hydrogen-bond acceptors (Lipinski definition) is 4. The second-order valence-corrected chi connectivity index (χ2v) is 6.15. The molecule has 0 bridgehead atoms. The minimum Gasteiger partial charge on any atom is -0.494 e. The van der Waals surface area contributed by atoms with Crippen LogP contribution in [-0.4, -0.2) is 25.1 Å². The summed E-state index contributed by atoms with van der Waals surface area (Å²) in [6, 6.07) is 13.3. The first kappa shape index (κ1) is 21.2. The smallest absolute Gasteiger partial charge is 0.331 e. The standard InChI is InChI=1S/C23H27NO4/c1-4-18-8-7-9-19(5-2)23(18)24-21(25)16-28-22(26)15-12-17-10-13-20(14-11-17)27-6-3/h7-15H,4-6,16H2,1-3H3,(H,24,25). The number of esters is 1. The van der Waals surface area contributed by atoms with Crippen molar-refractivity contribution in [3.8, 4) is 5.75 Å². The highest BCUT2D eigenvalue weighted by Crippen LogP contribution is 2.22. The molecule has 28 heavy (non-hydrogen) atoms. The summed E-state index contributed by atoms with van der Waals surface area (Å²) in [4.78, 5) is 24.1. The first-order chi connectivity index (χ1) is 13.6. The molecule has 1 amide bonds.